The Hall–Kier alpha value is -1.41. The molecule has 5 saturated heterocycles. The second-order valence-corrected chi connectivity index (χ2v) is 10.7. The largest absolute Gasteiger partial charge is 0.380 e. The summed E-state index contributed by atoms with van der Waals surface area (Å²) in [4.78, 5) is 30.7. The van der Waals surface area contributed by atoms with Crippen molar-refractivity contribution >= 4 is 11.8 Å². The molecule has 0 aromatic heterocycles. The number of halogens is 1. The smallest absolute Gasteiger partial charge is 0.229 e. The van der Waals surface area contributed by atoms with Gasteiger partial charge in [0.2, 0.25) is 11.8 Å². The number of amides is 2. The van der Waals surface area contributed by atoms with Gasteiger partial charge < -0.3 is 26.0 Å². The number of hydrogen-bond acceptors (Lipinski definition) is 9. The molecule has 0 spiro atoms. The SMILES string of the molecule is CO[C@@H]1CCN(C(=O)C2CCN(C3CCNCC3NC(=O)C3C(N)NN4CC(F)CNC34)CC2)C1. The van der Waals surface area contributed by atoms with E-state index in [0.717, 1.165) is 51.9 Å². The van der Waals surface area contributed by atoms with E-state index in [1.54, 1.807) is 12.1 Å². The van der Waals surface area contributed by atoms with E-state index in [4.69, 9.17) is 10.5 Å². The minimum absolute atomic E-state index is 0.0386. The van der Waals surface area contributed by atoms with E-state index in [0.29, 0.717) is 13.1 Å². The average molecular weight is 497 g/mol. The third-order valence-corrected chi connectivity index (χ3v) is 8.53. The number of nitrogens with zero attached hydrogens (tertiary/aromatic N) is 3. The first-order valence-electron chi connectivity index (χ1n) is 13.2. The molecule has 5 fully saturated rings. The number of methoxy groups -OCH3 is 1. The number of piperidine rings is 2. The molecule has 7 atom stereocenters. The van der Waals surface area contributed by atoms with Crippen LogP contribution in [0.2, 0.25) is 0 Å². The Morgan fingerprint density at radius 1 is 1.09 bits per heavy atom. The van der Waals surface area contributed by atoms with Crippen LogP contribution in [0.3, 0.4) is 0 Å². The number of nitrogens with one attached hydrogen (secondary N) is 4. The van der Waals surface area contributed by atoms with Gasteiger partial charge in [-0.25, -0.2) is 14.8 Å². The standard InChI is InChI=1S/C23H41FN8O3/c1-35-16-5-9-31(13-16)23(34)14-3-7-30(8-4-14)18-2-6-26-11-17(18)28-22(33)19-20(25)29-32-12-15(24)10-27-21(19)32/h14-21,26-27,29H,2-13,25H2,1H3,(H,28,33)/t15?,16-,17?,18?,19?,20?,21?/m1/s1. The number of nitrogens with two attached hydrogens (primary N) is 1. The van der Waals surface area contributed by atoms with E-state index in [2.05, 4.69) is 26.3 Å². The molecule has 5 heterocycles. The molecule has 6 unspecified atom stereocenters. The van der Waals surface area contributed by atoms with Gasteiger partial charge in [-0.15, -0.1) is 0 Å². The van der Waals surface area contributed by atoms with Gasteiger partial charge in [-0.1, -0.05) is 0 Å². The number of hydrazine groups is 1. The van der Waals surface area contributed by atoms with Crippen molar-refractivity contribution in [2.45, 2.75) is 62.4 Å². The van der Waals surface area contributed by atoms with Crippen molar-refractivity contribution in [2.24, 2.45) is 17.6 Å². The highest BCUT2D eigenvalue weighted by Crippen LogP contribution is 2.27. The summed E-state index contributed by atoms with van der Waals surface area (Å²) in [5.74, 6) is -0.262. The van der Waals surface area contributed by atoms with Gasteiger partial charge in [-0.05, 0) is 45.3 Å². The summed E-state index contributed by atoms with van der Waals surface area (Å²) < 4.78 is 19.2. The second kappa shape index (κ2) is 10.9. The molecular weight excluding hydrogens is 455 g/mol. The highest BCUT2D eigenvalue weighted by atomic mass is 19.1. The van der Waals surface area contributed by atoms with E-state index < -0.39 is 18.3 Å². The fraction of sp³-hybridized carbons (Fsp3) is 0.913. The van der Waals surface area contributed by atoms with E-state index in [1.165, 1.54) is 0 Å². The molecule has 2 amide bonds. The predicted molar refractivity (Wildman–Crippen MR) is 127 cm³/mol. The number of ether oxygens (including phenoxy) is 1. The molecule has 0 aromatic carbocycles. The molecule has 0 radical (unpaired) electrons. The van der Waals surface area contributed by atoms with Crippen LogP contribution in [0.5, 0.6) is 0 Å². The van der Waals surface area contributed by atoms with Crippen molar-refractivity contribution in [2.75, 3.05) is 59.5 Å². The lowest BCUT2D eigenvalue weighted by Gasteiger charge is -2.44. The first-order valence-corrected chi connectivity index (χ1v) is 13.2. The van der Waals surface area contributed by atoms with Gasteiger partial charge in [0.05, 0.1) is 30.4 Å². The Labute approximate surface area is 206 Å². The summed E-state index contributed by atoms with van der Waals surface area (Å²) in [5.41, 5.74) is 9.29. The molecule has 12 heteroatoms. The lowest BCUT2D eigenvalue weighted by Crippen LogP contribution is -2.64. The number of alkyl halides is 1. The molecule has 35 heavy (non-hydrogen) atoms. The van der Waals surface area contributed by atoms with E-state index in [1.807, 2.05) is 4.90 Å². The zero-order valence-corrected chi connectivity index (χ0v) is 20.6. The Kier molecular flexibility index (Phi) is 7.87. The van der Waals surface area contributed by atoms with Gasteiger partial charge in [-0.2, -0.15) is 0 Å². The van der Waals surface area contributed by atoms with Gasteiger partial charge in [0.15, 0.2) is 0 Å². The van der Waals surface area contributed by atoms with Crippen LogP contribution in [-0.2, 0) is 14.3 Å². The Morgan fingerprint density at radius 3 is 2.63 bits per heavy atom. The molecule has 0 aliphatic carbocycles. The van der Waals surface area contributed by atoms with E-state index >= 15 is 0 Å². The second-order valence-electron chi connectivity index (χ2n) is 10.7. The van der Waals surface area contributed by atoms with Crippen LogP contribution in [0.4, 0.5) is 4.39 Å². The molecular formula is C23H41FN8O3. The maximum atomic E-state index is 13.8. The summed E-state index contributed by atoms with van der Waals surface area (Å²) in [5, 5.41) is 11.5. The summed E-state index contributed by atoms with van der Waals surface area (Å²) in [7, 11) is 1.71. The molecule has 5 aliphatic rings. The van der Waals surface area contributed by atoms with Crippen molar-refractivity contribution < 1.29 is 18.7 Å². The number of rotatable bonds is 5. The number of carbonyl (C=O) groups is 2. The minimum atomic E-state index is -0.985. The molecule has 0 saturated carbocycles. The highest BCUT2D eigenvalue weighted by molar-refractivity contribution is 5.81. The molecule has 198 valence electrons. The third-order valence-electron chi connectivity index (χ3n) is 8.53. The minimum Gasteiger partial charge on any atom is -0.380 e. The van der Waals surface area contributed by atoms with Crippen LogP contribution in [0.25, 0.3) is 0 Å². The molecule has 0 aromatic rings. The Morgan fingerprint density at radius 2 is 1.89 bits per heavy atom. The van der Waals surface area contributed by atoms with Gasteiger partial charge >= 0.3 is 0 Å². The lowest BCUT2D eigenvalue weighted by atomic mass is 9.90. The summed E-state index contributed by atoms with van der Waals surface area (Å²) in [6.07, 6.45) is 1.87. The van der Waals surface area contributed by atoms with E-state index in [-0.39, 0.29) is 55.2 Å². The number of likely N-dealkylation sites (tertiary alicyclic amines) is 2. The summed E-state index contributed by atoms with van der Waals surface area (Å²) in [6, 6.07) is 0.181. The average Bonchev–Trinajstić information content (AvgIpc) is 3.47. The Balaban J connectivity index is 1.15. The van der Waals surface area contributed by atoms with Crippen molar-refractivity contribution in [3.63, 3.8) is 0 Å². The fourth-order valence-corrected chi connectivity index (χ4v) is 6.54. The maximum absolute atomic E-state index is 13.8. The van der Waals surface area contributed by atoms with Crippen LogP contribution in [0.15, 0.2) is 0 Å². The van der Waals surface area contributed by atoms with Crippen LogP contribution in [0.1, 0.15) is 25.7 Å². The van der Waals surface area contributed by atoms with Gasteiger partial charge in [0, 0.05) is 51.8 Å². The number of carbonyl (C=O) groups excluding carboxylic acids is 2. The lowest BCUT2D eigenvalue weighted by molar-refractivity contribution is -0.136. The fourth-order valence-electron chi connectivity index (χ4n) is 6.54. The van der Waals surface area contributed by atoms with Crippen LogP contribution in [0, 0.1) is 11.8 Å². The van der Waals surface area contributed by atoms with Gasteiger partial charge in [-0.3, -0.25) is 19.8 Å². The molecule has 5 aliphatic heterocycles. The zero-order chi connectivity index (χ0) is 24.5. The van der Waals surface area contributed by atoms with Crippen LogP contribution in [-0.4, -0.2) is 123 Å². The zero-order valence-electron chi connectivity index (χ0n) is 20.6. The van der Waals surface area contributed by atoms with Gasteiger partial charge in [0.1, 0.15) is 6.17 Å². The molecule has 5 rings (SSSR count). The highest BCUT2D eigenvalue weighted by Gasteiger charge is 2.48. The molecule has 11 nitrogen and oxygen atoms in total. The topological polar surface area (TPSA) is 127 Å². The van der Waals surface area contributed by atoms with Crippen molar-refractivity contribution in [1.29, 1.82) is 0 Å². The monoisotopic (exact) mass is 496 g/mol. The maximum Gasteiger partial charge on any atom is 0.229 e. The van der Waals surface area contributed by atoms with Crippen LogP contribution >= 0.6 is 0 Å². The van der Waals surface area contributed by atoms with Gasteiger partial charge in [0.25, 0.3) is 0 Å². The van der Waals surface area contributed by atoms with Crippen molar-refractivity contribution in [3.8, 4) is 0 Å². The van der Waals surface area contributed by atoms with Crippen molar-refractivity contribution in [1.82, 2.24) is 36.2 Å². The summed E-state index contributed by atoms with van der Waals surface area (Å²) >= 11 is 0. The van der Waals surface area contributed by atoms with Crippen molar-refractivity contribution in [3.05, 3.63) is 0 Å². The third kappa shape index (κ3) is 5.34. The first-order chi connectivity index (χ1) is 16.9. The predicted octanol–water partition coefficient (Wildman–Crippen LogP) is -2.22. The molecule has 6 N–H and O–H groups in total. The summed E-state index contributed by atoms with van der Waals surface area (Å²) in [6.45, 7) is 5.26. The first kappa shape index (κ1) is 25.2. The van der Waals surface area contributed by atoms with E-state index in [9.17, 15) is 14.0 Å². The Bertz CT molecular complexity index is 769. The normalized spacial score (nSPS) is 39.5. The van der Waals surface area contributed by atoms with Crippen LogP contribution < -0.4 is 27.1 Å². The number of hydrogen-bond donors (Lipinski definition) is 5. The molecule has 0 bridgehead atoms. The number of fused-ring (bicyclic) bond motifs is 1. The quantitative estimate of drug-likeness (QED) is 0.288.